The minimum atomic E-state index is -3.45. The van der Waals surface area contributed by atoms with Gasteiger partial charge in [-0.15, -0.1) is 0 Å². The Balaban J connectivity index is 1.83. The Kier molecular flexibility index (Phi) is 5.40. The monoisotopic (exact) mass is 505 g/mol. The first-order chi connectivity index (χ1) is 17.6. The van der Waals surface area contributed by atoms with Crippen molar-refractivity contribution in [2.75, 3.05) is 6.66 Å². The Bertz CT molecular complexity index is 1620. The average molecular weight is 506 g/mol. The molecule has 0 saturated carbocycles. The topological polar surface area (TPSA) is 47.3 Å². The molecule has 6 aromatic rings. The van der Waals surface area contributed by atoms with Crippen molar-refractivity contribution in [3.63, 3.8) is 0 Å². The Hall–Kier alpha value is -3.92. The summed E-state index contributed by atoms with van der Waals surface area (Å²) in [5.74, 6) is 0. The molecule has 6 rings (SSSR count). The molecule has 0 atom stereocenters. The molecule has 0 saturated heterocycles. The van der Waals surface area contributed by atoms with Crippen LogP contribution in [0, 0.1) is 0 Å². The Morgan fingerprint density at radius 1 is 0.667 bits per heavy atom. The number of hydrogen-bond acceptors (Lipinski definition) is 4. The third-order valence-corrected chi connectivity index (χ3v) is 14.2. The fourth-order valence-electron chi connectivity index (χ4n) is 5.14. The molecule has 0 aliphatic carbocycles. The molecule has 4 aromatic carbocycles. The normalized spacial score (nSPS) is 12.8. The van der Waals surface area contributed by atoms with Gasteiger partial charge in [0.05, 0.1) is 0 Å². The summed E-state index contributed by atoms with van der Waals surface area (Å²) < 4.78 is 1.92. The zero-order chi connectivity index (χ0) is 24.6. The molecule has 0 fully saturated rings. The Labute approximate surface area is 213 Å². The van der Waals surface area contributed by atoms with Crippen LogP contribution in [0.2, 0.25) is 0 Å². The standard InChI is InChI=1S/C30H24N3OPS/c1-35(24-16-8-3-9-17-24,25-18-10-4-11-19-25,26-20-12-5-13-21-26)28-22-27(34)31-30-33(28)32-29(36-30)23-14-6-2-7-15-23/h2-22H,1H3. The molecule has 2 aromatic heterocycles. The van der Waals surface area contributed by atoms with E-state index in [1.54, 1.807) is 6.07 Å². The van der Waals surface area contributed by atoms with Gasteiger partial charge in [-0.3, -0.25) is 0 Å². The maximum atomic E-state index is 13.2. The molecule has 0 radical (unpaired) electrons. The van der Waals surface area contributed by atoms with Crippen molar-refractivity contribution < 1.29 is 0 Å². The summed E-state index contributed by atoms with van der Waals surface area (Å²) >= 11 is 1.44. The van der Waals surface area contributed by atoms with Gasteiger partial charge in [-0.05, 0) is 0 Å². The van der Waals surface area contributed by atoms with Crippen LogP contribution >= 0.6 is 17.9 Å². The van der Waals surface area contributed by atoms with E-state index in [9.17, 15) is 4.79 Å². The van der Waals surface area contributed by atoms with Crippen LogP contribution in [-0.2, 0) is 0 Å². The average Bonchev–Trinajstić information content (AvgIpc) is 3.38. The molecule has 0 bridgehead atoms. The van der Waals surface area contributed by atoms with Gasteiger partial charge < -0.3 is 0 Å². The van der Waals surface area contributed by atoms with Gasteiger partial charge in [0, 0.05) is 0 Å². The number of hydrogen-bond donors (Lipinski definition) is 0. The van der Waals surface area contributed by atoms with E-state index in [0.29, 0.717) is 4.96 Å². The molecule has 6 heteroatoms. The fraction of sp³-hybridized carbons (Fsp3) is 0.0333. The molecule has 0 N–H and O–H groups in total. The van der Waals surface area contributed by atoms with Crippen LogP contribution in [0.1, 0.15) is 0 Å². The number of aromatic nitrogens is 3. The van der Waals surface area contributed by atoms with Gasteiger partial charge in [0.15, 0.2) is 0 Å². The van der Waals surface area contributed by atoms with Gasteiger partial charge in [0.25, 0.3) is 0 Å². The van der Waals surface area contributed by atoms with E-state index in [-0.39, 0.29) is 5.56 Å². The summed E-state index contributed by atoms with van der Waals surface area (Å²) in [6, 6.07) is 43.4. The first-order valence-corrected chi connectivity index (χ1v) is 15.2. The molecule has 0 spiro atoms. The first-order valence-electron chi connectivity index (χ1n) is 11.7. The Morgan fingerprint density at radius 2 is 1.11 bits per heavy atom. The van der Waals surface area contributed by atoms with Crippen molar-refractivity contribution in [1.82, 2.24) is 14.6 Å². The SMILES string of the molecule is CP(c1ccccc1)(c1ccccc1)(c1ccccc1)c1cc(=O)nc2sc(-c3ccccc3)nn12. The number of nitrogens with zero attached hydrogens (tertiary/aromatic N) is 3. The third-order valence-electron chi connectivity index (χ3n) is 7.03. The van der Waals surface area contributed by atoms with Crippen LogP contribution < -0.4 is 26.9 Å². The molecule has 0 aliphatic rings. The summed E-state index contributed by atoms with van der Waals surface area (Å²) in [4.78, 5) is 18.2. The van der Waals surface area contributed by atoms with Gasteiger partial charge >= 0.3 is 214 Å². The molecule has 36 heavy (non-hydrogen) atoms. The number of fused-ring (bicyclic) bond motifs is 1. The Morgan fingerprint density at radius 3 is 1.58 bits per heavy atom. The van der Waals surface area contributed by atoms with Crippen molar-refractivity contribution in [3.8, 4) is 10.6 Å². The minimum absolute atomic E-state index is 0.257. The van der Waals surface area contributed by atoms with Gasteiger partial charge in [0.1, 0.15) is 0 Å². The van der Waals surface area contributed by atoms with Gasteiger partial charge in [-0.25, -0.2) is 0 Å². The van der Waals surface area contributed by atoms with Crippen molar-refractivity contribution in [2.45, 2.75) is 0 Å². The molecule has 0 aliphatic heterocycles. The predicted octanol–water partition coefficient (Wildman–Crippen LogP) is 4.60. The zero-order valence-corrected chi connectivity index (χ0v) is 21.4. The van der Waals surface area contributed by atoms with Crippen LogP contribution in [-0.4, -0.2) is 21.3 Å². The van der Waals surface area contributed by atoms with Crippen LogP contribution in [0.3, 0.4) is 0 Å². The quantitative estimate of drug-likeness (QED) is 0.322. The summed E-state index contributed by atoms with van der Waals surface area (Å²) in [7, 11) is 0. The molecule has 0 amide bonds. The summed E-state index contributed by atoms with van der Waals surface area (Å²) in [5.41, 5.74) is 1.62. The second kappa shape index (κ2) is 8.63. The molecular formula is C30H24N3OPS. The zero-order valence-electron chi connectivity index (χ0n) is 19.7. The molecular weight excluding hydrogens is 481 g/mol. The van der Waals surface area contributed by atoms with Crippen molar-refractivity contribution in [1.29, 1.82) is 0 Å². The van der Waals surface area contributed by atoms with E-state index >= 15 is 0 Å². The van der Waals surface area contributed by atoms with Gasteiger partial charge in [-0.1, -0.05) is 0 Å². The fourth-order valence-corrected chi connectivity index (χ4v) is 11.6. The molecule has 4 nitrogen and oxygen atoms in total. The summed E-state index contributed by atoms with van der Waals surface area (Å²) in [5, 5.41) is 9.39. The van der Waals surface area contributed by atoms with Crippen LogP contribution in [0.15, 0.2) is 132 Å². The predicted molar refractivity (Wildman–Crippen MR) is 153 cm³/mol. The first kappa shape index (κ1) is 22.5. The van der Waals surface area contributed by atoms with Crippen molar-refractivity contribution in [3.05, 3.63) is 138 Å². The van der Waals surface area contributed by atoms with Crippen LogP contribution in [0.25, 0.3) is 15.5 Å². The molecule has 0 unspecified atom stereocenters. The van der Waals surface area contributed by atoms with Gasteiger partial charge in [-0.2, -0.15) is 0 Å². The van der Waals surface area contributed by atoms with Crippen molar-refractivity contribution in [2.24, 2.45) is 0 Å². The van der Waals surface area contributed by atoms with Crippen LogP contribution in [0.5, 0.6) is 0 Å². The second-order valence-corrected chi connectivity index (χ2v) is 15.1. The number of benzene rings is 4. The van der Waals surface area contributed by atoms with E-state index in [0.717, 1.165) is 31.9 Å². The molecule has 176 valence electrons. The third kappa shape index (κ3) is 3.28. The van der Waals surface area contributed by atoms with Crippen molar-refractivity contribution >= 4 is 44.2 Å². The van der Waals surface area contributed by atoms with E-state index in [4.69, 9.17) is 5.10 Å². The van der Waals surface area contributed by atoms with Gasteiger partial charge in [0.2, 0.25) is 0 Å². The van der Waals surface area contributed by atoms with Crippen LogP contribution in [0.4, 0.5) is 0 Å². The molecule has 2 heterocycles. The van der Waals surface area contributed by atoms with E-state index in [1.807, 2.05) is 53.0 Å². The second-order valence-electron chi connectivity index (χ2n) is 8.99. The van der Waals surface area contributed by atoms with E-state index in [1.165, 1.54) is 11.3 Å². The van der Waals surface area contributed by atoms with E-state index in [2.05, 4.69) is 84.4 Å². The maximum absolute atomic E-state index is 13.2. The van der Waals surface area contributed by atoms with E-state index < -0.39 is 6.60 Å². The summed E-state index contributed by atoms with van der Waals surface area (Å²) in [6.07, 6.45) is 0. The summed E-state index contributed by atoms with van der Waals surface area (Å²) in [6.45, 7) is -1.12. The number of rotatable bonds is 5.